The first-order valence-electron chi connectivity index (χ1n) is 8.24. The topological polar surface area (TPSA) is 78.3 Å². The number of nitrogens with zero attached hydrogens (tertiary/aromatic N) is 4. The molecule has 1 N–H and O–H groups in total. The van der Waals surface area contributed by atoms with Crippen LogP contribution in [0.4, 0.5) is 0 Å². The average Bonchev–Trinajstić information content (AvgIpc) is 3.14. The lowest BCUT2D eigenvalue weighted by atomic mass is 10.2. The molecule has 1 amide bonds. The Balaban J connectivity index is 1.85. The second-order valence-corrected chi connectivity index (χ2v) is 6.46. The smallest absolute Gasteiger partial charge is 0.255 e. The van der Waals surface area contributed by atoms with Crippen molar-refractivity contribution in [2.24, 2.45) is 0 Å². The van der Waals surface area contributed by atoms with Gasteiger partial charge < -0.3 is 19.2 Å². The van der Waals surface area contributed by atoms with Crippen LogP contribution in [0.15, 0.2) is 28.8 Å². The van der Waals surface area contributed by atoms with Gasteiger partial charge in [-0.15, -0.1) is 0 Å². The van der Waals surface area contributed by atoms with E-state index in [1.807, 2.05) is 45.0 Å². The van der Waals surface area contributed by atoms with Crippen molar-refractivity contribution in [1.29, 1.82) is 0 Å². The second-order valence-electron chi connectivity index (χ2n) is 6.46. The van der Waals surface area contributed by atoms with Gasteiger partial charge in [0, 0.05) is 19.3 Å². The maximum atomic E-state index is 13.0. The van der Waals surface area contributed by atoms with Gasteiger partial charge in [0.25, 0.3) is 5.91 Å². The zero-order valence-corrected chi connectivity index (χ0v) is 15.0. The average molecular weight is 341 g/mol. The van der Waals surface area contributed by atoms with Crippen molar-refractivity contribution >= 4 is 17.1 Å². The molecular formula is C18H23N5O2. The number of fused-ring (bicyclic) bond motifs is 1. The number of aromatic amines is 1. The molecule has 25 heavy (non-hydrogen) atoms. The highest BCUT2D eigenvalue weighted by molar-refractivity contribution is 5.96. The van der Waals surface area contributed by atoms with E-state index in [0.29, 0.717) is 24.3 Å². The molecule has 7 heteroatoms. The van der Waals surface area contributed by atoms with Crippen LogP contribution in [-0.4, -0.2) is 57.8 Å². The van der Waals surface area contributed by atoms with Gasteiger partial charge in [0.15, 0.2) is 5.65 Å². The number of hydrogen-bond donors (Lipinski definition) is 1. The summed E-state index contributed by atoms with van der Waals surface area (Å²) in [4.78, 5) is 28.5. The lowest BCUT2D eigenvalue weighted by Gasteiger charge is -2.23. The highest BCUT2D eigenvalue weighted by Gasteiger charge is 2.19. The van der Waals surface area contributed by atoms with E-state index in [4.69, 9.17) is 4.42 Å². The van der Waals surface area contributed by atoms with E-state index in [0.717, 1.165) is 29.4 Å². The van der Waals surface area contributed by atoms with E-state index >= 15 is 0 Å². The molecule has 0 atom stereocenters. The molecule has 3 heterocycles. The van der Waals surface area contributed by atoms with Gasteiger partial charge in [-0.1, -0.05) is 0 Å². The molecule has 0 aromatic carbocycles. The summed E-state index contributed by atoms with van der Waals surface area (Å²) in [6.07, 6.45) is 1.58. The fourth-order valence-electron chi connectivity index (χ4n) is 2.65. The summed E-state index contributed by atoms with van der Waals surface area (Å²) in [5.41, 5.74) is 1.93. The van der Waals surface area contributed by atoms with Gasteiger partial charge in [0.1, 0.15) is 17.3 Å². The molecule has 3 aromatic rings. The predicted octanol–water partition coefficient (Wildman–Crippen LogP) is 2.37. The fourth-order valence-corrected chi connectivity index (χ4v) is 2.65. The Labute approximate surface area is 146 Å². The van der Waals surface area contributed by atoms with Crippen LogP contribution in [0.25, 0.3) is 11.2 Å². The van der Waals surface area contributed by atoms with Crippen LogP contribution < -0.4 is 0 Å². The summed E-state index contributed by atoms with van der Waals surface area (Å²) < 4.78 is 5.64. The van der Waals surface area contributed by atoms with Gasteiger partial charge in [-0.05, 0) is 46.1 Å². The van der Waals surface area contributed by atoms with E-state index in [-0.39, 0.29) is 5.91 Å². The third kappa shape index (κ3) is 4.06. The van der Waals surface area contributed by atoms with Crippen molar-refractivity contribution in [3.05, 3.63) is 47.3 Å². The van der Waals surface area contributed by atoms with Gasteiger partial charge >= 0.3 is 0 Å². The van der Waals surface area contributed by atoms with E-state index in [2.05, 4.69) is 15.0 Å². The molecule has 3 rings (SSSR count). The Morgan fingerprint density at radius 1 is 1.24 bits per heavy atom. The first-order valence-corrected chi connectivity index (χ1v) is 8.24. The number of hydrogen-bond acceptors (Lipinski definition) is 5. The number of imidazole rings is 1. The number of aryl methyl sites for hydroxylation is 2. The van der Waals surface area contributed by atoms with Crippen LogP contribution in [-0.2, 0) is 6.54 Å². The minimum Gasteiger partial charge on any atom is -0.464 e. The molecular weight excluding hydrogens is 318 g/mol. The zero-order valence-electron chi connectivity index (χ0n) is 15.0. The van der Waals surface area contributed by atoms with Crippen LogP contribution in [0.2, 0.25) is 0 Å². The molecule has 7 nitrogen and oxygen atoms in total. The molecule has 0 fully saturated rings. The Bertz CT molecular complexity index is 881. The first kappa shape index (κ1) is 17.2. The standard InChI is InChI=1S/C18H23N5O2/c1-12-5-6-15(25-12)11-23(8-7-22(3)4)18(24)14-9-16-17(19-10-14)21-13(2)20-16/h5-6,9-10H,7-8,11H2,1-4H3,(H,19,20,21). The van der Waals surface area contributed by atoms with Crippen molar-refractivity contribution in [2.75, 3.05) is 27.2 Å². The molecule has 0 spiro atoms. The molecule has 132 valence electrons. The summed E-state index contributed by atoms with van der Waals surface area (Å²) >= 11 is 0. The Morgan fingerprint density at radius 3 is 2.72 bits per heavy atom. The third-order valence-electron chi connectivity index (χ3n) is 3.95. The summed E-state index contributed by atoms with van der Waals surface area (Å²) in [5.74, 6) is 2.32. The van der Waals surface area contributed by atoms with Gasteiger partial charge in [0.2, 0.25) is 0 Å². The second kappa shape index (κ2) is 7.06. The van der Waals surface area contributed by atoms with E-state index < -0.39 is 0 Å². The number of rotatable bonds is 6. The molecule has 0 saturated heterocycles. The summed E-state index contributed by atoms with van der Waals surface area (Å²) in [7, 11) is 3.97. The van der Waals surface area contributed by atoms with Crippen molar-refractivity contribution in [3.63, 3.8) is 0 Å². The van der Waals surface area contributed by atoms with E-state index in [1.165, 1.54) is 0 Å². The monoisotopic (exact) mass is 341 g/mol. The number of H-pyrrole nitrogens is 1. The summed E-state index contributed by atoms with van der Waals surface area (Å²) in [6.45, 7) is 5.57. The number of aromatic nitrogens is 3. The largest absolute Gasteiger partial charge is 0.464 e. The minimum absolute atomic E-state index is 0.0717. The molecule has 3 aromatic heterocycles. The van der Waals surface area contributed by atoms with Crippen LogP contribution in [0, 0.1) is 13.8 Å². The van der Waals surface area contributed by atoms with E-state index in [9.17, 15) is 4.79 Å². The van der Waals surface area contributed by atoms with Gasteiger partial charge in [-0.25, -0.2) is 9.97 Å². The minimum atomic E-state index is -0.0717. The number of likely N-dealkylation sites (N-methyl/N-ethyl adjacent to an activating group) is 1. The van der Waals surface area contributed by atoms with Gasteiger partial charge in [-0.2, -0.15) is 0 Å². The van der Waals surface area contributed by atoms with Gasteiger partial charge in [0.05, 0.1) is 17.6 Å². The van der Waals surface area contributed by atoms with Crippen LogP contribution in [0.1, 0.15) is 27.7 Å². The van der Waals surface area contributed by atoms with Crippen molar-refractivity contribution in [2.45, 2.75) is 20.4 Å². The quantitative estimate of drug-likeness (QED) is 0.745. The number of carbonyl (C=O) groups is 1. The highest BCUT2D eigenvalue weighted by atomic mass is 16.3. The normalized spacial score (nSPS) is 11.4. The van der Waals surface area contributed by atoms with Crippen molar-refractivity contribution in [1.82, 2.24) is 24.8 Å². The Morgan fingerprint density at radius 2 is 2.04 bits per heavy atom. The first-order chi connectivity index (χ1) is 11.9. The molecule has 0 bridgehead atoms. The number of pyridine rings is 1. The summed E-state index contributed by atoms with van der Waals surface area (Å²) in [6, 6.07) is 5.62. The maximum Gasteiger partial charge on any atom is 0.255 e. The van der Waals surface area contributed by atoms with Crippen LogP contribution >= 0.6 is 0 Å². The lowest BCUT2D eigenvalue weighted by Crippen LogP contribution is -2.36. The van der Waals surface area contributed by atoms with E-state index in [1.54, 1.807) is 17.2 Å². The van der Waals surface area contributed by atoms with Crippen molar-refractivity contribution in [3.8, 4) is 0 Å². The molecule has 0 aliphatic carbocycles. The third-order valence-corrected chi connectivity index (χ3v) is 3.95. The molecule has 0 aliphatic rings. The summed E-state index contributed by atoms with van der Waals surface area (Å²) in [5, 5.41) is 0. The Hall–Kier alpha value is -2.67. The maximum absolute atomic E-state index is 13.0. The molecule has 0 aliphatic heterocycles. The Kier molecular flexibility index (Phi) is 4.85. The molecule has 0 saturated carbocycles. The SMILES string of the molecule is Cc1nc2ncc(C(=O)N(CCN(C)C)Cc3ccc(C)o3)cc2[nH]1. The predicted molar refractivity (Wildman–Crippen MR) is 95.4 cm³/mol. The number of amides is 1. The van der Waals surface area contributed by atoms with Crippen LogP contribution in [0.5, 0.6) is 0 Å². The molecule has 0 unspecified atom stereocenters. The number of furan rings is 1. The van der Waals surface area contributed by atoms with Crippen LogP contribution in [0.3, 0.4) is 0 Å². The highest BCUT2D eigenvalue weighted by Crippen LogP contribution is 2.15. The zero-order chi connectivity index (χ0) is 18.0. The number of carbonyl (C=O) groups excluding carboxylic acids is 1. The fraction of sp³-hybridized carbons (Fsp3) is 0.389. The van der Waals surface area contributed by atoms with Gasteiger partial charge in [-0.3, -0.25) is 4.79 Å². The molecule has 0 radical (unpaired) electrons. The van der Waals surface area contributed by atoms with Crippen molar-refractivity contribution < 1.29 is 9.21 Å². The lowest BCUT2D eigenvalue weighted by molar-refractivity contribution is 0.0719. The number of nitrogens with one attached hydrogen (secondary N) is 1.